The van der Waals surface area contributed by atoms with Crippen LogP contribution in [0, 0.1) is 5.82 Å². The molecule has 0 saturated heterocycles. The molecule has 96 valence electrons. The Hall–Kier alpha value is -1.73. The van der Waals surface area contributed by atoms with Gasteiger partial charge < -0.3 is 4.42 Å². The Balaban J connectivity index is 1.87. The number of benzene rings is 1. The van der Waals surface area contributed by atoms with E-state index in [1.54, 1.807) is 18.2 Å². The van der Waals surface area contributed by atoms with Crippen LogP contribution in [0.2, 0.25) is 0 Å². The molecule has 4 nitrogen and oxygen atoms in total. The lowest BCUT2D eigenvalue weighted by Crippen LogP contribution is -2.10. The Labute approximate surface area is 119 Å². The number of rotatable bonds is 2. The third kappa shape index (κ3) is 2.52. The monoisotopic (exact) mass is 340 g/mol. The standard InChI is InChI=1S/C12H6BrFN2O2S/c13-10-4-3-8(18-10)11(17)16-12-15-7-2-1-6(14)5-9(7)19-12/h1-5H,(H,15,16,17). The third-order valence-corrected chi connectivity index (χ3v) is 3.73. The largest absolute Gasteiger partial charge is 0.444 e. The Morgan fingerprint density at radius 3 is 2.95 bits per heavy atom. The number of thiazole rings is 1. The van der Waals surface area contributed by atoms with E-state index in [9.17, 15) is 9.18 Å². The van der Waals surface area contributed by atoms with Crippen LogP contribution < -0.4 is 5.32 Å². The summed E-state index contributed by atoms with van der Waals surface area (Å²) in [5.74, 6) is -0.550. The summed E-state index contributed by atoms with van der Waals surface area (Å²) in [6.45, 7) is 0. The number of halogens is 2. The van der Waals surface area contributed by atoms with E-state index in [0.717, 1.165) is 0 Å². The highest BCUT2D eigenvalue weighted by atomic mass is 79.9. The molecule has 0 aliphatic rings. The molecule has 2 heterocycles. The molecule has 3 rings (SSSR count). The van der Waals surface area contributed by atoms with Gasteiger partial charge in [-0.2, -0.15) is 0 Å². The zero-order valence-electron chi connectivity index (χ0n) is 9.31. The molecule has 2 aromatic heterocycles. The highest BCUT2D eigenvalue weighted by Gasteiger charge is 2.13. The van der Waals surface area contributed by atoms with Gasteiger partial charge in [-0.05, 0) is 46.3 Å². The van der Waals surface area contributed by atoms with E-state index in [1.807, 2.05) is 0 Å². The molecule has 0 spiro atoms. The lowest BCUT2D eigenvalue weighted by Gasteiger charge is -1.96. The first-order valence-corrected chi connectivity index (χ1v) is 6.85. The maximum absolute atomic E-state index is 13.0. The van der Waals surface area contributed by atoms with Crippen molar-refractivity contribution >= 4 is 48.5 Å². The maximum Gasteiger partial charge on any atom is 0.293 e. The summed E-state index contributed by atoms with van der Waals surface area (Å²) in [5.41, 5.74) is 0.641. The van der Waals surface area contributed by atoms with Gasteiger partial charge in [0.05, 0.1) is 10.2 Å². The molecule has 0 aliphatic heterocycles. The van der Waals surface area contributed by atoms with Crippen LogP contribution in [-0.4, -0.2) is 10.9 Å². The number of carbonyl (C=O) groups is 1. The molecule has 7 heteroatoms. The second-order valence-corrected chi connectivity index (χ2v) is 5.50. The van der Waals surface area contributed by atoms with Crippen molar-refractivity contribution in [3.05, 3.63) is 46.6 Å². The van der Waals surface area contributed by atoms with E-state index in [4.69, 9.17) is 4.42 Å². The molecular formula is C12H6BrFN2O2S. The highest BCUT2D eigenvalue weighted by Crippen LogP contribution is 2.27. The number of aromatic nitrogens is 1. The molecule has 19 heavy (non-hydrogen) atoms. The van der Waals surface area contributed by atoms with Gasteiger partial charge in [0.2, 0.25) is 0 Å². The molecule has 0 saturated carbocycles. The summed E-state index contributed by atoms with van der Waals surface area (Å²) in [5, 5.41) is 3.01. The number of fused-ring (bicyclic) bond motifs is 1. The molecule has 0 unspecified atom stereocenters. The van der Waals surface area contributed by atoms with E-state index in [-0.39, 0.29) is 11.6 Å². The Morgan fingerprint density at radius 1 is 1.37 bits per heavy atom. The van der Waals surface area contributed by atoms with Crippen molar-refractivity contribution in [2.45, 2.75) is 0 Å². The van der Waals surface area contributed by atoms with Crippen molar-refractivity contribution in [2.24, 2.45) is 0 Å². The zero-order chi connectivity index (χ0) is 13.4. The summed E-state index contributed by atoms with van der Waals surface area (Å²) < 4.78 is 19.3. The molecule has 0 aliphatic carbocycles. The van der Waals surface area contributed by atoms with E-state index in [2.05, 4.69) is 26.2 Å². The predicted molar refractivity (Wildman–Crippen MR) is 73.9 cm³/mol. The maximum atomic E-state index is 13.0. The number of carbonyl (C=O) groups excluding carboxylic acids is 1. The average Bonchev–Trinajstić information content (AvgIpc) is 2.94. The number of furan rings is 1. The van der Waals surface area contributed by atoms with Crippen LogP contribution >= 0.6 is 27.3 Å². The molecule has 1 aromatic carbocycles. The van der Waals surface area contributed by atoms with Crippen molar-refractivity contribution in [3.63, 3.8) is 0 Å². The molecule has 1 N–H and O–H groups in total. The van der Waals surface area contributed by atoms with Gasteiger partial charge in [0.25, 0.3) is 5.91 Å². The summed E-state index contributed by atoms with van der Waals surface area (Å²) in [7, 11) is 0. The summed E-state index contributed by atoms with van der Waals surface area (Å²) in [6.07, 6.45) is 0. The second kappa shape index (κ2) is 4.75. The van der Waals surface area contributed by atoms with Gasteiger partial charge in [0.1, 0.15) is 5.82 Å². The van der Waals surface area contributed by atoms with E-state index in [1.165, 1.54) is 23.5 Å². The normalized spacial score (nSPS) is 10.8. The Morgan fingerprint density at radius 2 is 2.21 bits per heavy atom. The minimum Gasteiger partial charge on any atom is -0.444 e. The average molecular weight is 341 g/mol. The summed E-state index contributed by atoms with van der Waals surface area (Å²) in [6, 6.07) is 7.46. The minimum absolute atomic E-state index is 0.178. The molecule has 0 atom stereocenters. The predicted octanol–water partition coefficient (Wildman–Crippen LogP) is 4.04. The first-order chi connectivity index (χ1) is 9.11. The molecule has 3 aromatic rings. The lowest BCUT2D eigenvalue weighted by atomic mass is 10.3. The topological polar surface area (TPSA) is 55.1 Å². The number of nitrogens with zero attached hydrogens (tertiary/aromatic N) is 1. The Bertz CT molecular complexity index is 768. The van der Waals surface area contributed by atoms with Gasteiger partial charge in [-0.3, -0.25) is 10.1 Å². The Kier molecular flexibility index (Phi) is 3.08. The van der Waals surface area contributed by atoms with Gasteiger partial charge >= 0.3 is 0 Å². The van der Waals surface area contributed by atoms with E-state index >= 15 is 0 Å². The van der Waals surface area contributed by atoms with Crippen LogP contribution in [-0.2, 0) is 0 Å². The lowest BCUT2D eigenvalue weighted by molar-refractivity contribution is 0.0995. The summed E-state index contributed by atoms with van der Waals surface area (Å²) >= 11 is 4.33. The first-order valence-electron chi connectivity index (χ1n) is 5.24. The molecule has 0 radical (unpaired) electrons. The van der Waals surface area contributed by atoms with Gasteiger partial charge in [0.15, 0.2) is 15.6 Å². The number of hydrogen-bond donors (Lipinski definition) is 1. The zero-order valence-corrected chi connectivity index (χ0v) is 11.7. The van der Waals surface area contributed by atoms with Crippen molar-refractivity contribution in [2.75, 3.05) is 5.32 Å². The fraction of sp³-hybridized carbons (Fsp3) is 0. The first kappa shape index (κ1) is 12.3. The number of hydrogen-bond acceptors (Lipinski definition) is 4. The SMILES string of the molecule is O=C(Nc1nc2ccc(F)cc2s1)c1ccc(Br)o1. The quantitative estimate of drug-likeness (QED) is 0.765. The fourth-order valence-electron chi connectivity index (χ4n) is 1.55. The number of anilines is 1. The van der Waals surface area contributed by atoms with Crippen molar-refractivity contribution in [1.29, 1.82) is 0 Å². The van der Waals surface area contributed by atoms with Crippen LogP contribution in [0.5, 0.6) is 0 Å². The number of nitrogens with one attached hydrogen (secondary N) is 1. The van der Waals surface area contributed by atoms with Crippen LogP contribution in [0.25, 0.3) is 10.2 Å². The van der Waals surface area contributed by atoms with Gasteiger partial charge in [-0.15, -0.1) is 0 Å². The molecule has 0 bridgehead atoms. The number of amides is 1. The smallest absolute Gasteiger partial charge is 0.293 e. The van der Waals surface area contributed by atoms with Crippen LogP contribution in [0.3, 0.4) is 0 Å². The molecule has 1 amide bonds. The third-order valence-electron chi connectivity index (χ3n) is 2.37. The fourth-order valence-corrected chi connectivity index (χ4v) is 2.74. The van der Waals surface area contributed by atoms with Crippen LogP contribution in [0.1, 0.15) is 10.6 Å². The van der Waals surface area contributed by atoms with Crippen LogP contribution in [0.15, 0.2) is 39.4 Å². The summed E-state index contributed by atoms with van der Waals surface area (Å²) in [4.78, 5) is 16.0. The van der Waals surface area contributed by atoms with Gasteiger partial charge in [-0.1, -0.05) is 11.3 Å². The molecular weight excluding hydrogens is 335 g/mol. The minimum atomic E-state index is -0.398. The van der Waals surface area contributed by atoms with Crippen molar-refractivity contribution < 1.29 is 13.6 Å². The molecule has 0 fully saturated rings. The van der Waals surface area contributed by atoms with Gasteiger partial charge in [0, 0.05) is 0 Å². The van der Waals surface area contributed by atoms with Crippen LogP contribution in [0.4, 0.5) is 9.52 Å². The second-order valence-electron chi connectivity index (χ2n) is 3.69. The van der Waals surface area contributed by atoms with E-state index in [0.29, 0.717) is 20.0 Å². The van der Waals surface area contributed by atoms with E-state index < -0.39 is 5.91 Å². The van der Waals surface area contributed by atoms with Gasteiger partial charge in [-0.25, -0.2) is 9.37 Å². The highest BCUT2D eigenvalue weighted by molar-refractivity contribution is 9.10. The van der Waals surface area contributed by atoms with Crippen molar-refractivity contribution in [1.82, 2.24) is 4.98 Å². The van der Waals surface area contributed by atoms with Crippen molar-refractivity contribution in [3.8, 4) is 0 Å².